The van der Waals surface area contributed by atoms with Crippen molar-refractivity contribution in [1.29, 1.82) is 0 Å². The lowest BCUT2D eigenvalue weighted by molar-refractivity contribution is -0.385. The second-order valence-electron chi connectivity index (χ2n) is 39.0. The van der Waals surface area contributed by atoms with E-state index in [-0.39, 0.29) is 73.7 Å². The summed E-state index contributed by atoms with van der Waals surface area (Å²) in [5.41, 5.74) is 0.660. The zero-order valence-corrected chi connectivity index (χ0v) is 84.2. The van der Waals surface area contributed by atoms with Gasteiger partial charge in [0.15, 0.2) is 36.8 Å². The maximum Gasteiger partial charge on any atom is 0.508 e. The van der Waals surface area contributed by atoms with E-state index in [0.717, 1.165) is 12.8 Å². The van der Waals surface area contributed by atoms with Gasteiger partial charge in [-0.3, -0.25) is 42.2 Å². The maximum atomic E-state index is 15.4. The number of nitro benzene ring substituents is 1. The zero-order chi connectivity index (χ0) is 86.7. The van der Waals surface area contributed by atoms with Gasteiger partial charge >= 0.3 is 28.9 Å². The first-order valence-electron chi connectivity index (χ1n) is 42.9. The highest BCUT2D eigenvalue weighted by molar-refractivity contribution is 7.75. The number of carbonyl (C=O) groups is 2. The number of Topliss-reactive ketones (excluding diaryl/α,β-unsaturated/α-hetero) is 1. The van der Waals surface area contributed by atoms with Crippen LogP contribution in [-0.4, -0.2) is 219 Å². The first-order valence-corrected chi connectivity index (χ1v) is 62.2. The average Bonchev–Trinajstić information content (AvgIpc) is 1.45. The number of unbranched alkanes of at least 4 members (excludes halogenated alkanes) is 4. The van der Waals surface area contributed by atoms with Crippen LogP contribution in [-0.2, 0) is 87.0 Å². The summed E-state index contributed by atoms with van der Waals surface area (Å²) < 4.78 is 151. The van der Waals surface area contributed by atoms with Crippen LogP contribution in [0.3, 0.4) is 0 Å². The summed E-state index contributed by atoms with van der Waals surface area (Å²) in [5.74, 6) is -0.840. The molecule has 0 N–H and O–H groups in total. The van der Waals surface area contributed by atoms with Crippen LogP contribution in [0.25, 0.3) is 0 Å². The van der Waals surface area contributed by atoms with Crippen LogP contribution >= 0.6 is 30.0 Å². The highest BCUT2D eigenvalue weighted by Crippen LogP contribution is 2.62. The molecule has 0 bridgehead atoms. The van der Waals surface area contributed by atoms with Gasteiger partial charge in [0.1, 0.15) is 67.6 Å². The summed E-state index contributed by atoms with van der Waals surface area (Å²) in [7, 11) is -23.9. The first kappa shape index (κ1) is 104. The minimum absolute atomic E-state index is 0.113. The molecular weight excluding hydrogens is 1600 g/mol. The summed E-state index contributed by atoms with van der Waals surface area (Å²) in [4.78, 5) is 40.4. The Morgan fingerprint density at radius 2 is 0.833 bits per heavy atom. The normalized spacial score (nSPS) is 28.3. The molecule has 1 aromatic carbocycles. The minimum Gasteiger partial charge on any atom is -0.434 e. The monoisotopic (exact) mass is 1760 g/mol. The summed E-state index contributed by atoms with van der Waals surface area (Å²) in [6.07, 6.45) is 1.02. The van der Waals surface area contributed by atoms with E-state index in [2.05, 4.69) is 164 Å². The van der Waals surface area contributed by atoms with E-state index in [1.54, 1.807) is 19.1 Å². The van der Waals surface area contributed by atoms with E-state index in [1.165, 1.54) is 89.2 Å². The zero-order valence-electron chi connectivity index (χ0n) is 76.6. The number of nitro groups is 1. The van der Waals surface area contributed by atoms with Crippen molar-refractivity contribution < 1.29 is 101 Å². The Balaban J connectivity index is 1.40. The Labute approximate surface area is 693 Å². The molecule has 4 fully saturated rings. The molecule has 4 aliphatic heterocycles. The lowest BCUT2D eigenvalue weighted by Gasteiger charge is -2.45. The molecular formula is C82H158NO23P4Si4+. The third kappa shape index (κ3) is 27.7. The van der Waals surface area contributed by atoms with Crippen LogP contribution in [0.2, 0.25) is 71.0 Å². The van der Waals surface area contributed by atoms with Gasteiger partial charge in [-0.2, -0.15) is 0 Å². The number of hydrogen-bond donors (Lipinski definition) is 0. The SMILES string of the molecule is CCCC[P+](CCCC)(CCCC)CCCCC(=O)c1ccc(C(C)COC(=O)OC2[C@@H](COP(C)(=O)OC3[C@@H](COP(C)(=O)OC4[C@@H](COP(C)(=O)OC5[C@@H](CC)O[C@@H](C)[C@H]5O[Si](C)(C)C(C)(C)C)O[C@@H](C)[C@H]4O[Si](C)(C)C(C)(C)C)O[C@@H](C)[C@H]3O[Si](C)(C)C(C)(C)C)O[C@@H](C)[C@H]2O[Si](C(C)C)(C(C)C)C(C)C)c([N+](=O)[O-])c1. The van der Waals surface area contributed by atoms with Crippen LogP contribution in [0, 0.1) is 10.1 Å². The fourth-order valence-electron chi connectivity index (χ4n) is 15.9. The largest absolute Gasteiger partial charge is 0.508 e. The third-order valence-electron chi connectivity index (χ3n) is 25.7. The Hall–Kier alpha value is -1.01. The number of carbonyl (C=O) groups excluding carboxylic acids is 2. The Kier molecular flexibility index (Phi) is 38.7. The molecule has 8 unspecified atom stereocenters. The Morgan fingerprint density at radius 3 is 1.17 bits per heavy atom. The molecule has 664 valence electrons. The predicted molar refractivity (Wildman–Crippen MR) is 470 cm³/mol. The molecule has 1 aromatic rings. The summed E-state index contributed by atoms with van der Waals surface area (Å²) in [6.45, 7) is 65.4. The minimum atomic E-state index is -4.25. The molecule has 20 atom stereocenters. The van der Waals surface area contributed by atoms with Crippen LogP contribution in [0.15, 0.2) is 18.2 Å². The number of benzene rings is 1. The maximum absolute atomic E-state index is 15.4. The van der Waals surface area contributed by atoms with Gasteiger partial charge in [0.2, 0.25) is 8.32 Å². The van der Waals surface area contributed by atoms with Crippen molar-refractivity contribution >= 4 is 80.9 Å². The molecule has 32 heteroatoms. The smallest absolute Gasteiger partial charge is 0.434 e. The summed E-state index contributed by atoms with van der Waals surface area (Å²) >= 11 is 0. The highest BCUT2D eigenvalue weighted by Gasteiger charge is 2.58. The van der Waals surface area contributed by atoms with Gasteiger partial charge in [-0.15, -0.1) is 0 Å². The number of ether oxygens (including phenoxy) is 6. The van der Waals surface area contributed by atoms with Crippen LogP contribution in [0.4, 0.5) is 10.5 Å². The lowest BCUT2D eigenvalue weighted by atomic mass is 9.96. The van der Waals surface area contributed by atoms with Crippen molar-refractivity contribution in [3.63, 3.8) is 0 Å². The van der Waals surface area contributed by atoms with E-state index in [1.807, 2.05) is 34.6 Å². The van der Waals surface area contributed by atoms with E-state index < -0.39 is 185 Å². The molecule has 0 radical (unpaired) electrons. The molecule has 0 aromatic heterocycles. The van der Waals surface area contributed by atoms with Crippen molar-refractivity contribution in [2.75, 3.05) is 71.1 Å². The van der Waals surface area contributed by atoms with Gasteiger partial charge in [0.25, 0.3) is 5.69 Å². The predicted octanol–water partition coefficient (Wildman–Crippen LogP) is 23.0. The summed E-state index contributed by atoms with van der Waals surface area (Å²) in [6, 6.07) is 4.56. The van der Waals surface area contributed by atoms with Gasteiger partial charge in [-0.1, -0.05) is 170 Å². The van der Waals surface area contributed by atoms with Gasteiger partial charge < -0.3 is 59.7 Å². The lowest BCUT2D eigenvalue weighted by Crippen LogP contribution is -2.54. The van der Waals surface area contributed by atoms with Crippen LogP contribution in [0.5, 0.6) is 0 Å². The molecule has 0 spiro atoms. The van der Waals surface area contributed by atoms with Crippen molar-refractivity contribution in [3.05, 3.63) is 39.4 Å². The Morgan fingerprint density at radius 1 is 0.500 bits per heavy atom. The van der Waals surface area contributed by atoms with E-state index in [4.69, 9.17) is 73.3 Å². The fraction of sp³-hybridized carbons (Fsp3) is 0.902. The number of hydrogen-bond acceptors (Lipinski definition) is 23. The summed E-state index contributed by atoms with van der Waals surface area (Å²) in [5, 5.41) is 12.1. The molecule has 4 saturated heterocycles. The number of nitrogens with zero attached hydrogens (tertiary/aromatic N) is 1. The van der Waals surface area contributed by atoms with Crippen LogP contribution < -0.4 is 0 Å². The average molecular weight is 1760 g/mol. The van der Waals surface area contributed by atoms with E-state index >= 15 is 9.13 Å². The third-order valence-corrected chi connectivity index (χ3v) is 54.0. The molecule has 24 nitrogen and oxygen atoms in total. The molecule has 0 aliphatic carbocycles. The first-order chi connectivity index (χ1) is 52.3. The van der Waals surface area contributed by atoms with Gasteiger partial charge in [-0.25, -0.2) is 4.79 Å². The molecule has 5 rings (SSSR count). The highest BCUT2D eigenvalue weighted by atomic mass is 31.2. The molecule has 0 amide bonds. The number of ketones is 1. The molecule has 4 heterocycles. The quantitative estimate of drug-likeness (QED) is 0.0111. The standard InChI is InChI=1S/C82H158NO23P4Si4/c1-34-38-46-110(47-39-35-2,48-40-36-3)49-42-41-43-66(84)63-44-45-64(65(50-63)83(86)87)58(11)51-91-79(85)99-75-68(96-59(12)71(75)106-114(55(5)6,56(7)8)57(9)10)52-92-108(26,89)101-77-70(98-61(14)73(77)104-112(30,31)81(19,20)21)54-94-109(27,90)102-78-69(97-62(15)74(78)105-113(32,33)82(22,23)24)53-93-107(25,88)100-76-67(37-4)95-60(13)72(76)103-111(28,29)80(16,17)18/h44-45,50,55-62,67-78H,34-43,46-49,51-54H2,1-33H3/q+1/t58?,59-,60-,61-,62-,67+,68+,69+,70+,71+,72+,73+,74+,75?,76?,77?,78?,107?,108?,109?/m0/s1. The van der Waals surface area contributed by atoms with Crippen molar-refractivity contribution in [2.45, 2.75) is 405 Å². The number of rotatable bonds is 47. The second kappa shape index (κ2) is 42.6. The fourth-order valence-corrected chi connectivity index (χ4v) is 34.3. The Bertz CT molecular complexity index is 3320. The van der Waals surface area contributed by atoms with Crippen LogP contribution in [0.1, 0.15) is 252 Å². The van der Waals surface area contributed by atoms with Gasteiger partial charge in [0, 0.05) is 56.8 Å². The van der Waals surface area contributed by atoms with Crippen molar-refractivity contribution in [1.82, 2.24) is 0 Å². The van der Waals surface area contributed by atoms with Crippen molar-refractivity contribution in [2.24, 2.45) is 0 Å². The van der Waals surface area contributed by atoms with E-state index in [0.29, 0.717) is 12.8 Å². The van der Waals surface area contributed by atoms with Gasteiger partial charge in [-0.05, 0) is 137 Å². The second-order valence-corrected chi connectivity index (χ2v) is 69.2. The molecule has 114 heavy (non-hydrogen) atoms. The topological polar surface area (TPSA) is 276 Å². The van der Waals surface area contributed by atoms with Gasteiger partial charge in [0.05, 0.1) is 79.9 Å². The molecule has 4 aliphatic rings. The van der Waals surface area contributed by atoms with E-state index in [9.17, 15) is 24.3 Å². The molecule has 0 saturated carbocycles. The van der Waals surface area contributed by atoms with Crippen molar-refractivity contribution in [3.8, 4) is 0 Å².